The van der Waals surface area contributed by atoms with Crippen molar-refractivity contribution in [3.05, 3.63) is 0 Å². The molecule has 7 heteroatoms. The second-order valence-electron chi connectivity index (χ2n) is 3.21. The van der Waals surface area contributed by atoms with Crippen LogP contribution in [0.5, 0.6) is 0 Å². The van der Waals surface area contributed by atoms with Gasteiger partial charge in [0.2, 0.25) is 0 Å². The first kappa shape index (κ1) is 12.2. The smallest absolute Gasteiger partial charge is 0.184 e. The van der Waals surface area contributed by atoms with E-state index in [0.717, 1.165) is 0 Å². The molecule has 1 aliphatic heterocycles. The molecule has 1 saturated heterocycles. The van der Waals surface area contributed by atoms with Gasteiger partial charge in [-0.3, -0.25) is 0 Å². The first-order valence-electron chi connectivity index (χ1n) is 4.15. The lowest BCUT2D eigenvalue weighted by Gasteiger charge is -2.39. The van der Waals surface area contributed by atoms with Crippen LogP contribution in [0.25, 0.3) is 0 Å². The zero-order valence-corrected chi connectivity index (χ0v) is 8.16. The minimum absolute atomic E-state index is 0.0112. The molecule has 0 radical (unpaired) electrons. The molecule has 1 aliphatic rings. The van der Waals surface area contributed by atoms with Gasteiger partial charge in [0.25, 0.3) is 0 Å². The Morgan fingerprint density at radius 1 is 1.07 bits per heavy atom. The van der Waals surface area contributed by atoms with Gasteiger partial charge in [-0.25, -0.2) is 0 Å². The van der Waals surface area contributed by atoms with Crippen LogP contribution < -0.4 is 0 Å². The van der Waals surface area contributed by atoms with Crippen molar-refractivity contribution >= 4 is 12.6 Å². The molecule has 1 unspecified atom stereocenters. The molecule has 1 heterocycles. The maximum Gasteiger partial charge on any atom is 0.184 e. The summed E-state index contributed by atoms with van der Waals surface area (Å²) in [7, 11) is 0. The topological polar surface area (TPSA) is 110 Å². The number of thiol groups is 1. The first-order chi connectivity index (χ1) is 6.49. The summed E-state index contributed by atoms with van der Waals surface area (Å²) in [6.45, 7) is 0. The molecule has 1 rings (SSSR count). The molecule has 84 valence electrons. The molecule has 1 fully saturated rings. The van der Waals surface area contributed by atoms with E-state index in [-0.39, 0.29) is 5.75 Å². The molecule has 0 spiro atoms. The third-order valence-electron chi connectivity index (χ3n) is 2.19. The maximum atomic E-state index is 9.39. The van der Waals surface area contributed by atoms with Crippen molar-refractivity contribution in [2.24, 2.45) is 0 Å². The van der Waals surface area contributed by atoms with E-state index < -0.39 is 36.8 Å². The number of ether oxygens (including phenoxy) is 1. The van der Waals surface area contributed by atoms with E-state index in [1.165, 1.54) is 0 Å². The number of hydrogen-bond donors (Lipinski definition) is 6. The lowest BCUT2D eigenvalue weighted by atomic mass is 9.96. The van der Waals surface area contributed by atoms with E-state index in [2.05, 4.69) is 12.6 Å². The third kappa shape index (κ3) is 2.19. The minimum Gasteiger partial charge on any atom is -0.389 e. The molecule has 0 aromatic rings. The molecule has 0 aromatic heterocycles. The summed E-state index contributed by atoms with van der Waals surface area (Å²) in [6.07, 6.45) is -8.46. The van der Waals surface area contributed by atoms with Crippen LogP contribution in [0.2, 0.25) is 0 Å². The van der Waals surface area contributed by atoms with Crippen molar-refractivity contribution in [3.63, 3.8) is 0 Å². The normalized spacial score (nSPS) is 46.3. The molecular formula is C7H14O6S. The van der Waals surface area contributed by atoms with E-state index >= 15 is 0 Å². The van der Waals surface area contributed by atoms with Crippen molar-refractivity contribution in [2.45, 2.75) is 36.8 Å². The summed E-state index contributed by atoms with van der Waals surface area (Å²) >= 11 is 3.78. The van der Waals surface area contributed by atoms with E-state index in [0.29, 0.717) is 0 Å². The second kappa shape index (κ2) is 4.75. The number of aliphatic hydroxyl groups excluding tert-OH is 5. The quantitative estimate of drug-likeness (QED) is 0.281. The van der Waals surface area contributed by atoms with Gasteiger partial charge in [0.1, 0.15) is 24.4 Å². The fourth-order valence-corrected chi connectivity index (χ4v) is 1.52. The Hall–Kier alpha value is 0.110. The summed E-state index contributed by atoms with van der Waals surface area (Å²) in [5.41, 5.74) is 0. The Labute approximate surface area is 86.2 Å². The molecule has 14 heavy (non-hydrogen) atoms. The second-order valence-corrected chi connectivity index (χ2v) is 3.58. The molecular weight excluding hydrogens is 212 g/mol. The lowest BCUT2D eigenvalue weighted by molar-refractivity contribution is -0.294. The highest BCUT2D eigenvalue weighted by atomic mass is 32.1. The fourth-order valence-electron chi connectivity index (χ4n) is 1.31. The summed E-state index contributed by atoms with van der Waals surface area (Å²) < 4.78 is 4.73. The minimum atomic E-state index is -1.62. The maximum absolute atomic E-state index is 9.39. The molecule has 6 atom stereocenters. The molecule has 5 N–H and O–H groups in total. The van der Waals surface area contributed by atoms with Gasteiger partial charge in [-0.05, 0) is 0 Å². The van der Waals surface area contributed by atoms with Crippen LogP contribution in [0.1, 0.15) is 0 Å². The van der Waals surface area contributed by atoms with Crippen LogP contribution in [0.3, 0.4) is 0 Å². The lowest BCUT2D eigenvalue weighted by Crippen LogP contribution is -2.60. The monoisotopic (exact) mass is 226 g/mol. The van der Waals surface area contributed by atoms with Gasteiger partial charge in [0.05, 0.1) is 6.10 Å². The van der Waals surface area contributed by atoms with Gasteiger partial charge < -0.3 is 30.3 Å². The number of hydrogen-bond acceptors (Lipinski definition) is 7. The van der Waals surface area contributed by atoms with Crippen molar-refractivity contribution < 1.29 is 30.3 Å². The van der Waals surface area contributed by atoms with E-state index in [1.807, 2.05) is 0 Å². The Morgan fingerprint density at radius 3 is 2.14 bits per heavy atom. The van der Waals surface area contributed by atoms with Crippen molar-refractivity contribution in [2.75, 3.05) is 5.75 Å². The zero-order chi connectivity index (χ0) is 10.9. The Balaban J connectivity index is 2.70. The largest absolute Gasteiger partial charge is 0.389 e. The van der Waals surface area contributed by atoms with Gasteiger partial charge in [-0.1, -0.05) is 0 Å². The first-order valence-corrected chi connectivity index (χ1v) is 4.79. The van der Waals surface area contributed by atoms with Gasteiger partial charge in [-0.15, -0.1) is 0 Å². The Kier molecular flexibility index (Phi) is 4.14. The van der Waals surface area contributed by atoms with Crippen LogP contribution in [0.15, 0.2) is 0 Å². The standard InChI is InChI=1S/C7H14O6S/c8-2(1-14)6-4(10)3(9)5(11)7(12)13-6/h2-12,14H,1H2/t2?,3-,4+,5+,6+,7-/m0/s1. The van der Waals surface area contributed by atoms with E-state index in [1.54, 1.807) is 0 Å². The van der Waals surface area contributed by atoms with Crippen molar-refractivity contribution in [3.8, 4) is 0 Å². The highest BCUT2D eigenvalue weighted by Gasteiger charge is 2.45. The van der Waals surface area contributed by atoms with Crippen molar-refractivity contribution in [1.82, 2.24) is 0 Å². The van der Waals surface area contributed by atoms with Gasteiger partial charge in [0, 0.05) is 5.75 Å². The zero-order valence-electron chi connectivity index (χ0n) is 7.26. The van der Waals surface area contributed by atoms with Crippen LogP contribution in [0.4, 0.5) is 0 Å². The Bertz CT molecular complexity index is 191. The summed E-state index contributed by atoms with van der Waals surface area (Å²) in [5.74, 6) is 0.0112. The average Bonchev–Trinajstić information content (AvgIpc) is 2.19. The number of rotatable bonds is 2. The number of aliphatic hydroxyl groups is 5. The van der Waals surface area contributed by atoms with Crippen LogP contribution in [-0.4, -0.2) is 68.1 Å². The summed E-state index contributed by atoms with van der Waals surface area (Å²) in [4.78, 5) is 0. The van der Waals surface area contributed by atoms with Gasteiger partial charge in [-0.2, -0.15) is 12.6 Å². The Morgan fingerprint density at radius 2 is 1.64 bits per heavy atom. The highest BCUT2D eigenvalue weighted by Crippen LogP contribution is 2.22. The predicted molar refractivity (Wildman–Crippen MR) is 48.8 cm³/mol. The summed E-state index contributed by atoms with van der Waals surface area (Å²) in [5, 5.41) is 46.2. The van der Waals surface area contributed by atoms with E-state index in [4.69, 9.17) is 14.9 Å². The van der Waals surface area contributed by atoms with E-state index in [9.17, 15) is 15.3 Å². The highest BCUT2D eigenvalue weighted by molar-refractivity contribution is 7.80. The van der Waals surface area contributed by atoms with Crippen LogP contribution in [0, 0.1) is 0 Å². The van der Waals surface area contributed by atoms with Gasteiger partial charge >= 0.3 is 0 Å². The summed E-state index contributed by atoms with van der Waals surface area (Å²) in [6, 6.07) is 0. The van der Waals surface area contributed by atoms with Crippen molar-refractivity contribution in [1.29, 1.82) is 0 Å². The third-order valence-corrected chi connectivity index (χ3v) is 2.57. The molecule has 0 bridgehead atoms. The molecule has 0 aromatic carbocycles. The molecule has 6 nitrogen and oxygen atoms in total. The fraction of sp³-hybridized carbons (Fsp3) is 1.00. The van der Waals surface area contributed by atoms with Crippen LogP contribution in [-0.2, 0) is 4.74 Å². The molecule has 0 amide bonds. The SMILES string of the molecule is OC(CS)[C@H]1O[C@H](O)[C@H](O)[C@@H](O)[C@H]1O. The van der Waals surface area contributed by atoms with Gasteiger partial charge in [0.15, 0.2) is 6.29 Å². The predicted octanol–water partition coefficient (Wildman–Crippen LogP) is -2.92. The van der Waals surface area contributed by atoms with Crippen LogP contribution >= 0.6 is 12.6 Å². The average molecular weight is 226 g/mol. The molecule has 0 aliphatic carbocycles. The molecule has 0 saturated carbocycles.